The van der Waals surface area contributed by atoms with Crippen molar-refractivity contribution in [1.82, 2.24) is 4.90 Å². The number of carbonyl (C=O) groups is 1. The van der Waals surface area contributed by atoms with Gasteiger partial charge in [0.15, 0.2) is 11.5 Å². The van der Waals surface area contributed by atoms with Crippen molar-refractivity contribution >= 4 is 5.97 Å². The Morgan fingerprint density at radius 3 is 2.59 bits per heavy atom. The van der Waals surface area contributed by atoms with Gasteiger partial charge in [-0.3, -0.25) is 9.69 Å². The Hall–Kier alpha value is -1.79. The number of likely N-dealkylation sites (tertiary alicyclic amines) is 1. The molecule has 1 heterocycles. The molecule has 6 nitrogen and oxygen atoms in total. The lowest BCUT2D eigenvalue weighted by Crippen LogP contribution is -2.53. The normalized spacial score (nSPS) is 21.8. The Bertz CT molecular complexity index is 533. The third kappa shape index (κ3) is 3.03. The smallest absolute Gasteiger partial charge is 0.326 e. The molecule has 1 aromatic carbocycles. The van der Waals surface area contributed by atoms with Gasteiger partial charge in [-0.2, -0.15) is 0 Å². The van der Waals surface area contributed by atoms with Crippen LogP contribution in [0, 0.1) is 0 Å². The van der Waals surface area contributed by atoms with E-state index in [9.17, 15) is 9.90 Å². The van der Waals surface area contributed by atoms with Gasteiger partial charge < -0.3 is 19.3 Å². The van der Waals surface area contributed by atoms with E-state index < -0.39 is 11.5 Å². The van der Waals surface area contributed by atoms with E-state index in [0.29, 0.717) is 24.5 Å². The van der Waals surface area contributed by atoms with Gasteiger partial charge in [0.1, 0.15) is 5.54 Å². The summed E-state index contributed by atoms with van der Waals surface area (Å²) in [5, 5.41) is 9.66. The number of benzene rings is 1. The van der Waals surface area contributed by atoms with Crippen LogP contribution in [-0.2, 0) is 16.1 Å². The lowest BCUT2D eigenvalue weighted by Gasteiger charge is -2.34. The Labute approximate surface area is 130 Å². The molecular formula is C16H23NO5. The van der Waals surface area contributed by atoms with Crippen LogP contribution in [0.25, 0.3) is 0 Å². The van der Waals surface area contributed by atoms with Crippen LogP contribution in [0.1, 0.15) is 18.4 Å². The molecule has 2 rings (SSSR count). The molecule has 1 unspecified atom stereocenters. The first-order chi connectivity index (χ1) is 10.6. The van der Waals surface area contributed by atoms with Gasteiger partial charge in [-0.05, 0) is 37.1 Å². The number of rotatable bonds is 7. The Morgan fingerprint density at radius 2 is 2.00 bits per heavy atom. The minimum absolute atomic E-state index is 0.190. The van der Waals surface area contributed by atoms with E-state index in [1.54, 1.807) is 14.2 Å². The van der Waals surface area contributed by atoms with Crippen LogP contribution in [-0.4, -0.2) is 56.0 Å². The number of hydrogen-bond donors (Lipinski definition) is 1. The molecule has 6 heteroatoms. The third-order valence-electron chi connectivity index (χ3n) is 4.23. The highest BCUT2D eigenvalue weighted by Gasteiger charge is 2.47. The Kier molecular flexibility index (Phi) is 5.26. The summed E-state index contributed by atoms with van der Waals surface area (Å²) < 4.78 is 15.7. The van der Waals surface area contributed by atoms with Gasteiger partial charge in [-0.1, -0.05) is 6.07 Å². The van der Waals surface area contributed by atoms with Gasteiger partial charge >= 0.3 is 5.97 Å². The Morgan fingerprint density at radius 1 is 1.27 bits per heavy atom. The minimum Gasteiger partial charge on any atom is -0.493 e. The van der Waals surface area contributed by atoms with Gasteiger partial charge in [0.05, 0.1) is 20.8 Å². The van der Waals surface area contributed by atoms with Crippen molar-refractivity contribution in [3.8, 4) is 11.5 Å². The predicted molar refractivity (Wildman–Crippen MR) is 81.4 cm³/mol. The molecule has 0 bridgehead atoms. The summed E-state index contributed by atoms with van der Waals surface area (Å²) in [6.45, 7) is 1.47. The summed E-state index contributed by atoms with van der Waals surface area (Å²) in [4.78, 5) is 13.7. The molecule has 0 spiro atoms. The number of aliphatic carboxylic acids is 1. The molecule has 0 aromatic heterocycles. The molecule has 1 aromatic rings. The lowest BCUT2D eigenvalue weighted by atomic mass is 9.97. The largest absolute Gasteiger partial charge is 0.493 e. The molecule has 1 N–H and O–H groups in total. The van der Waals surface area contributed by atoms with E-state index in [2.05, 4.69) is 0 Å². The number of carboxylic acids is 1. The van der Waals surface area contributed by atoms with E-state index in [-0.39, 0.29) is 6.61 Å². The van der Waals surface area contributed by atoms with Crippen molar-refractivity contribution in [3.63, 3.8) is 0 Å². The second kappa shape index (κ2) is 6.98. The molecule has 0 radical (unpaired) electrons. The van der Waals surface area contributed by atoms with Gasteiger partial charge in [0.2, 0.25) is 0 Å². The van der Waals surface area contributed by atoms with E-state index >= 15 is 0 Å². The van der Waals surface area contributed by atoms with Crippen LogP contribution in [0.4, 0.5) is 0 Å². The van der Waals surface area contributed by atoms with Crippen LogP contribution in [0.15, 0.2) is 18.2 Å². The summed E-state index contributed by atoms with van der Waals surface area (Å²) in [6.07, 6.45) is 1.45. The standard InChI is InChI=1S/C16H23NO5/c1-20-11-16(15(18)19)7-4-8-17(16)10-12-5-6-13(21-2)14(9-12)22-3/h5-6,9H,4,7-8,10-11H2,1-3H3,(H,18,19). The average Bonchev–Trinajstić information content (AvgIpc) is 2.91. The molecule has 0 aliphatic carbocycles. The average molecular weight is 309 g/mol. The SMILES string of the molecule is COCC1(C(=O)O)CCCN1Cc1ccc(OC)c(OC)c1. The van der Waals surface area contributed by atoms with Gasteiger partial charge in [-0.25, -0.2) is 0 Å². The maximum Gasteiger partial charge on any atom is 0.326 e. The maximum atomic E-state index is 11.8. The molecular weight excluding hydrogens is 286 g/mol. The summed E-state index contributed by atoms with van der Waals surface area (Å²) in [5.74, 6) is 0.480. The highest BCUT2D eigenvalue weighted by Crippen LogP contribution is 2.34. The monoisotopic (exact) mass is 309 g/mol. The molecule has 1 fully saturated rings. The quantitative estimate of drug-likeness (QED) is 0.828. The highest BCUT2D eigenvalue weighted by molar-refractivity contribution is 5.79. The van der Waals surface area contributed by atoms with Crippen molar-refractivity contribution in [3.05, 3.63) is 23.8 Å². The summed E-state index contributed by atoms with van der Waals surface area (Å²) >= 11 is 0. The summed E-state index contributed by atoms with van der Waals surface area (Å²) in [7, 11) is 4.72. The van der Waals surface area contributed by atoms with Gasteiger partial charge in [-0.15, -0.1) is 0 Å². The van der Waals surface area contributed by atoms with E-state index in [1.165, 1.54) is 7.11 Å². The van der Waals surface area contributed by atoms with Crippen LogP contribution in [0.3, 0.4) is 0 Å². The summed E-state index contributed by atoms with van der Waals surface area (Å²) in [6, 6.07) is 5.65. The first-order valence-electron chi connectivity index (χ1n) is 7.25. The molecule has 1 saturated heterocycles. The fourth-order valence-electron chi connectivity index (χ4n) is 3.07. The van der Waals surface area contributed by atoms with Crippen molar-refractivity contribution in [2.45, 2.75) is 24.9 Å². The van der Waals surface area contributed by atoms with Crippen LogP contribution in [0.2, 0.25) is 0 Å². The zero-order chi connectivity index (χ0) is 16.2. The summed E-state index contributed by atoms with van der Waals surface area (Å²) in [5.41, 5.74) is 0.0447. The lowest BCUT2D eigenvalue weighted by molar-refractivity contribution is -0.153. The number of nitrogens with zero attached hydrogens (tertiary/aromatic N) is 1. The first kappa shape index (κ1) is 16.6. The van der Waals surface area contributed by atoms with Gasteiger partial charge in [0, 0.05) is 13.7 Å². The predicted octanol–water partition coefficient (Wildman–Crippen LogP) is 1.77. The third-order valence-corrected chi connectivity index (χ3v) is 4.23. The van der Waals surface area contributed by atoms with Crippen molar-refractivity contribution in [2.75, 3.05) is 34.5 Å². The van der Waals surface area contributed by atoms with Crippen LogP contribution in [0.5, 0.6) is 11.5 Å². The van der Waals surface area contributed by atoms with E-state index in [1.807, 2.05) is 23.1 Å². The minimum atomic E-state index is -0.943. The number of ether oxygens (including phenoxy) is 3. The van der Waals surface area contributed by atoms with E-state index in [4.69, 9.17) is 14.2 Å². The number of methoxy groups -OCH3 is 3. The van der Waals surface area contributed by atoms with E-state index in [0.717, 1.165) is 18.5 Å². The fourth-order valence-corrected chi connectivity index (χ4v) is 3.07. The number of hydrogen-bond acceptors (Lipinski definition) is 5. The number of carboxylic acid groups (broad SMARTS) is 1. The molecule has 0 saturated carbocycles. The second-order valence-corrected chi connectivity index (χ2v) is 5.48. The maximum absolute atomic E-state index is 11.8. The molecule has 0 amide bonds. The van der Waals surface area contributed by atoms with Crippen LogP contribution >= 0.6 is 0 Å². The molecule has 122 valence electrons. The molecule has 1 atom stereocenters. The van der Waals surface area contributed by atoms with Gasteiger partial charge in [0.25, 0.3) is 0 Å². The zero-order valence-corrected chi connectivity index (χ0v) is 13.3. The van der Waals surface area contributed by atoms with Crippen LogP contribution < -0.4 is 9.47 Å². The van der Waals surface area contributed by atoms with Crippen molar-refractivity contribution in [2.24, 2.45) is 0 Å². The highest BCUT2D eigenvalue weighted by atomic mass is 16.5. The Balaban J connectivity index is 2.23. The molecule has 1 aliphatic heterocycles. The molecule has 22 heavy (non-hydrogen) atoms. The zero-order valence-electron chi connectivity index (χ0n) is 13.3. The van der Waals surface area contributed by atoms with Crippen molar-refractivity contribution < 1.29 is 24.1 Å². The molecule has 1 aliphatic rings. The first-order valence-corrected chi connectivity index (χ1v) is 7.25. The second-order valence-electron chi connectivity index (χ2n) is 5.48. The topological polar surface area (TPSA) is 68.2 Å². The van der Waals surface area contributed by atoms with Crippen molar-refractivity contribution in [1.29, 1.82) is 0 Å². The fraction of sp³-hybridized carbons (Fsp3) is 0.562.